The maximum atomic E-state index is 13.5. The SMILES string of the molecule is Cc1c(C=C2SC(=S)N(CCc3ccccc3)C2=O)c(N2CCC(Cc3ccccc3)CC2)n(C)c(=O)c1C#N. The Balaban J connectivity index is 1.42. The van der Waals surface area contributed by atoms with Gasteiger partial charge >= 0.3 is 0 Å². The second kappa shape index (κ2) is 12.2. The quantitative estimate of drug-likeness (QED) is 0.278. The van der Waals surface area contributed by atoms with E-state index in [2.05, 4.69) is 35.2 Å². The van der Waals surface area contributed by atoms with E-state index in [9.17, 15) is 14.9 Å². The second-order valence-corrected chi connectivity index (χ2v) is 12.1. The Hall–Kier alpha value is -3.67. The minimum atomic E-state index is -0.311. The molecule has 2 saturated heterocycles. The van der Waals surface area contributed by atoms with Gasteiger partial charge in [-0.1, -0.05) is 84.6 Å². The smallest absolute Gasteiger partial charge is 0.270 e. The van der Waals surface area contributed by atoms with E-state index in [1.54, 1.807) is 23.4 Å². The summed E-state index contributed by atoms with van der Waals surface area (Å²) in [6.07, 6.45) is 5.59. The van der Waals surface area contributed by atoms with Crippen molar-refractivity contribution in [3.05, 3.63) is 104 Å². The summed E-state index contributed by atoms with van der Waals surface area (Å²) in [4.78, 5) is 31.0. The van der Waals surface area contributed by atoms with Crippen LogP contribution in [0.2, 0.25) is 0 Å². The lowest BCUT2D eigenvalue weighted by Crippen LogP contribution is -2.39. The average molecular weight is 569 g/mol. The molecule has 3 heterocycles. The van der Waals surface area contributed by atoms with E-state index in [1.807, 2.05) is 42.5 Å². The van der Waals surface area contributed by atoms with Crippen LogP contribution in [-0.2, 0) is 24.7 Å². The monoisotopic (exact) mass is 568 g/mol. The molecular weight excluding hydrogens is 537 g/mol. The highest BCUT2D eigenvalue weighted by atomic mass is 32.2. The molecule has 0 saturated carbocycles. The Bertz CT molecular complexity index is 1550. The van der Waals surface area contributed by atoms with Crippen molar-refractivity contribution >= 4 is 46.1 Å². The van der Waals surface area contributed by atoms with Crippen LogP contribution in [0.15, 0.2) is 70.4 Å². The van der Waals surface area contributed by atoms with Crippen LogP contribution < -0.4 is 10.5 Å². The largest absolute Gasteiger partial charge is 0.357 e. The summed E-state index contributed by atoms with van der Waals surface area (Å²) >= 11 is 6.87. The summed E-state index contributed by atoms with van der Waals surface area (Å²) in [6.45, 7) is 3.90. The van der Waals surface area contributed by atoms with Crippen molar-refractivity contribution in [2.24, 2.45) is 13.0 Å². The lowest BCUT2D eigenvalue weighted by Gasteiger charge is -2.36. The molecule has 2 fully saturated rings. The van der Waals surface area contributed by atoms with E-state index >= 15 is 0 Å². The fraction of sp³-hybridized carbons (Fsp3) is 0.312. The van der Waals surface area contributed by atoms with Gasteiger partial charge in [0.25, 0.3) is 11.5 Å². The Morgan fingerprint density at radius 1 is 1.02 bits per heavy atom. The van der Waals surface area contributed by atoms with Crippen molar-refractivity contribution in [1.29, 1.82) is 5.26 Å². The van der Waals surface area contributed by atoms with E-state index in [4.69, 9.17) is 12.2 Å². The van der Waals surface area contributed by atoms with E-state index in [0.717, 1.165) is 49.3 Å². The van der Waals surface area contributed by atoms with Crippen molar-refractivity contribution in [3.63, 3.8) is 0 Å². The predicted octanol–water partition coefficient (Wildman–Crippen LogP) is 5.47. The zero-order valence-electron chi connectivity index (χ0n) is 22.8. The third kappa shape index (κ3) is 5.77. The third-order valence-electron chi connectivity index (χ3n) is 7.87. The molecule has 0 atom stereocenters. The first-order valence-electron chi connectivity index (χ1n) is 13.6. The van der Waals surface area contributed by atoms with Crippen molar-refractivity contribution in [3.8, 4) is 6.07 Å². The maximum absolute atomic E-state index is 13.5. The number of amides is 1. The number of rotatable bonds is 7. The topological polar surface area (TPSA) is 69.3 Å². The van der Waals surface area contributed by atoms with Crippen molar-refractivity contribution in [2.75, 3.05) is 24.5 Å². The zero-order chi connectivity index (χ0) is 28.2. The molecule has 3 aromatic rings. The number of anilines is 1. The first kappa shape index (κ1) is 27.9. The molecule has 2 aliphatic rings. The van der Waals surface area contributed by atoms with E-state index in [-0.39, 0.29) is 17.0 Å². The number of piperidine rings is 1. The lowest BCUT2D eigenvalue weighted by molar-refractivity contribution is -0.122. The van der Waals surface area contributed by atoms with Crippen LogP contribution in [-0.4, -0.2) is 39.3 Å². The molecule has 0 aliphatic carbocycles. The molecule has 40 heavy (non-hydrogen) atoms. The number of benzene rings is 2. The number of nitrogens with zero attached hydrogens (tertiary/aromatic N) is 4. The van der Waals surface area contributed by atoms with E-state index < -0.39 is 0 Å². The minimum absolute atomic E-state index is 0.107. The average Bonchev–Trinajstić information content (AvgIpc) is 3.24. The number of nitriles is 1. The van der Waals surface area contributed by atoms with Gasteiger partial charge in [0.1, 0.15) is 21.8 Å². The molecule has 5 rings (SSSR count). The summed E-state index contributed by atoms with van der Waals surface area (Å²) in [5.74, 6) is 1.19. The van der Waals surface area contributed by atoms with E-state index in [1.165, 1.54) is 17.3 Å². The predicted molar refractivity (Wildman–Crippen MR) is 166 cm³/mol. The van der Waals surface area contributed by atoms with Crippen LogP contribution in [0, 0.1) is 24.2 Å². The van der Waals surface area contributed by atoms with Crippen LogP contribution in [0.5, 0.6) is 0 Å². The van der Waals surface area contributed by atoms with Crippen molar-refractivity contribution < 1.29 is 4.79 Å². The van der Waals surface area contributed by atoms with Crippen LogP contribution in [0.4, 0.5) is 5.82 Å². The van der Waals surface area contributed by atoms with Crippen LogP contribution in [0.25, 0.3) is 6.08 Å². The van der Waals surface area contributed by atoms with Gasteiger partial charge in [0.05, 0.1) is 4.91 Å². The van der Waals surface area contributed by atoms with Gasteiger partial charge < -0.3 is 4.90 Å². The molecule has 1 aromatic heterocycles. The molecular formula is C32H32N4O2S2. The molecule has 0 N–H and O–H groups in total. The highest BCUT2D eigenvalue weighted by Crippen LogP contribution is 2.37. The van der Waals surface area contributed by atoms with Gasteiger partial charge in [-0.3, -0.25) is 19.1 Å². The van der Waals surface area contributed by atoms with Gasteiger partial charge in [0.15, 0.2) is 0 Å². The van der Waals surface area contributed by atoms with Gasteiger partial charge in [0.2, 0.25) is 0 Å². The third-order valence-corrected chi connectivity index (χ3v) is 9.24. The highest BCUT2D eigenvalue weighted by molar-refractivity contribution is 8.26. The van der Waals surface area contributed by atoms with Gasteiger partial charge in [-0.15, -0.1) is 0 Å². The number of carbonyl (C=O) groups excluding carboxylic acids is 1. The van der Waals surface area contributed by atoms with Crippen molar-refractivity contribution in [1.82, 2.24) is 9.47 Å². The summed E-state index contributed by atoms with van der Waals surface area (Å²) in [5.41, 5.74) is 3.62. The summed E-state index contributed by atoms with van der Waals surface area (Å²) < 4.78 is 2.10. The Morgan fingerprint density at radius 2 is 1.65 bits per heavy atom. The summed E-state index contributed by atoms with van der Waals surface area (Å²) in [6, 6.07) is 22.7. The van der Waals surface area contributed by atoms with Crippen LogP contribution in [0.1, 0.15) is 40.7 Å². The number of thioether (sulfide) groups is 1. The first-order valence-corrected chi connectivity index (χ1v) is 14.8. The fourth-order valence-corrected chi connectivity index (χ4v) is 6.89. The van der Waals surface area contributed by atoms with Gasteiger partial charge in [0, 0.05) is 32.2 Å². The Labute approximate surface area is 244 Å². The molecule has 204 valence electrons. The number of pyridine rings is 1. The zero-order valence-corrected chi connectivity index (χ0v) is 24.4. The molecule has 0 radical (unpaired) electrons. The molecule has 2 aromatic carbocycles. The number of thiocarbonyl (C=S) groups is 1. The normalized spacial score (nSPS) is 17.1. The molecule has 8 heteroatoms. The number of hydrogen-bond donors (Lipinski definition) is 0. The molecule has 1 amide bonds. The lowest BCUT2D eigenvalue weighted by atomic mass is 9.90. The number of aromatic nitrogens is 1. The standard InChI is InChI=1S/C32H32N4O2S2/c1-22-26(20-28-31(38)36(32(39)40-28)18-15-23-9-5-3-6-10-23)29(34(2)30(37)27(22)21-33)35-16-13-25(14-17-35)19-24-11-7-4-8-12-24/h3-12,20,25H,13-19H2,1-2H3. The summed E-state index contributed by atoms with van der Waals surface area (Å²) in [5, 5.41) is 9.80. The fourth-order valence-electron chi connectivity index (χ4n) is 5.60. The maximum Gasteiger partial charge on any atom is 0.270 e. The minimum Gasteiger partial charge on any atom is -0.357 e. The molecule has 0 spiro atoms. The molecule has 2 aliphatic heterocycles. The Kier molecular flexibility index (Phi) is 8.53. The highest BCUT2D eigenvalue weighted by Gasteiger charge is 2.33. The molecule has 0 unspecified atom stereocenters. The first-order chi connectivity index (χ1) is 19.4. The molecule has 0 bridgehead atoms. The van der Waals surface area contributed by atoms with Gasteiger partial charge in [-0.2, -0.15) is 5.26 Å². The second-order valence-electron chi connectivity index (χ2n) is 10.4. The van der Waals surface area contributed by atoms with E-state index in [0.29, 0.717) is 33.7 Å². The van der Waals surface area contributed by atoms with Crippen molar-refractivity contribution in [2.45, 2.75) is 32.6 Å². The number of carbonyl (C=O) groups is 1. The van der Waals surface area contributed by atoms with Gasteiger partial charge in [-0.05, 0) is 61.3 Å². The van der Waals surface area contributed by atoms with Gasteiger partial charge in [-0.25, -0.2) is 0 Å². The Morgan fingerprint density at radius 3 is 2.27 bits per heavy atom. The van der Waals surface area contributed by atoms with Crippen LogP contribution >= 0.6 is 24.0 Å². The summed E-state index contributed by atoms with van der Waals surface area (Å²) in [7, 11) is 1.72. The number of hydrogen-bond acceptors (Lipinski definition) is 6. The molecule has 6 nitrogen and oxygen atoms in total. The van der Waals surface area contributed by atoms with Crippen LogP contribution in [0.3, 0.4) is 0 Å².